The molecule has 26 heavy (non-hydrogen) atoms. The quantitative estimate of drug-likeness (QED) is 0.657. The Bertz CT molecular complexity index is 885. The number of carbonyl (C=O) groups is 1. The average molecular weight is 378 g/mol. The normalized spacial score (nSPS) is 10.8. The van der Waals surface area contributed by atoms with Crippen molar-refractivity contribution in [2.45, 2.75) is 13.2 Å². The molecule has 0 aliphatic carbocycles. The van der Waals surface area contributed by atoms with Gasteiger partial charge in [-0.05, 0) is 36.4 Å². The van der Waals surface area contributed by atoms with E-state index in [2.05, 4.69) is 5.10 Å². The molecule has 1 amide bonds. The molecule has 3 rings (SSSR count). The van der Waals surface area contributed by atoms with Crippen LogP contribution >= 0.6 is 11.6 Å². The zero-order valence-electron chi connectivity index (χ0n) is 14.3. The molecule has 0 atom stereocenters. The Kier molecular flexibility index (Phi) is 5.27. The van der Waals surface area contributed by atoms with E-state index >= 15 is 0 Å². The Balaban J connectivity index is 1.61. The minimum atomic E-state index is -0.334. The summed E-state index contributed by atoms with van der Waals surface area (Å²) in [7, 11) is 3.42. The summed E-state index contributed by atoms with van der Waals surface area (Å²) in [6.45, 7) is 0.437. The number of rotatable bonds is 6. The summed E-state index contributed by atoms with van der Waals surface area (Å²) in [6.07, 6.45) is 1.53. The molecule has 2 aromatic heterocycles. The number of amides is 1. The fourth-order valence-electron chi connectivity index (χ4n) is 2.35. The highest BCUT2D eigenvalue weighted by atomic mass is 35.5. The van der Waals surface area contributed by atoms with Crippen molar-refractivity contribution >= 4 is 17.5 Å². The summed E-state index contributed by atoms with van der Waals surface area (Å²) >= 11 is 6.07. The van der Waals surface area contributed by atoms with Crippen molar-refractivity contribution in [2.24, 2.45) is 7.05 Å². The van der Waals surface area contributed by atoms with Crippen molar-refractivity contribution in [2.75, 3.05) is 7.05 Å². The van der Waals surface area contributed by atoms with Gasteiger partial charge in [-0.1, -0.05) is 11.6 Å². The van der Waals surface area contributed by atoms with E-state index in [1.165, 1.54) is 35.4 Å². The van der Waals surface area contributed by atoms with Gasteiger partial charge < -0.3 is 14.1 Å². The highest BCUT2D eigenvalue weighted by Crippen LogP contribution is 2.19. The molecule has 0 fully saturated rings. The van der Waals surface area contributed by atoms with Crippen LogP contribution in [0.3, 0.4) is 0 Å². The summed E-state index contributed by atoms with van der Waals surface area (Å²) in [5.41, 5.74) is 0.730. The topological polar surface area (TPSA) is 60.5 Å². The molecular formula is C18H17ClFN3O3. The van der Waals surface area contributed by atoms with Crippen LogP contribution in [0.1, 0.15) is 22.0 Å². The van der Waals surface area contributed by atoms with E-state index in [0.29, 0.717) is 23.1 Å². The third kappa shape index (κ3) is 4.05. The maximum atomic E-state index is 12.9. The first-order chi connectivity index (χ1) is 12.4. The number of hydrogen-bond donors (Lipinski definition) is 0. The summed E-state index contributed by atoms with van der Waals surface area (Å²) < 4.78 is 25.5. The average Bonchev–Trinajstić information content (AvgIpc) is 3.22. The number of benzene rings is 1. The number of halogens is 2. The zero-order valence-corrected chi connectivity index (χ0v) is 15.0. The van der Waals surface area contributed by atoms with Crippen LogP contribution < -0.4 is 4.74 Å². The molecule has 0 aliphatic rings. The molecule has 1 aromatic carbocycles. The number of furan rings is 1. The third-order valence-electron chi connectivity index (χ3n) is 3.81. The van der Waals surface area contributed by atoms with Crippen LogP contribution in [0.25, 0.3) is 0 Å². The highest BCUT2D eigenvalue weighted by Gasteiger charge is 2.19. The lowest BCUT2D eigenvalue weighted by Crippen LogP contribution is -2.27. The van der Waals surface area contributed by atoms with E-state index in [4.69, 9.17) is 20.8 Å². The van der Waals surface area contributed by atoms with Crippen LogP contribution in [0, 0.1) is 5.82 Å². The first kappa shape index (κ1) is 18.0. The van der Waals surface area contributed by atoms with Gasteiger partial charge in [-0.2, -0.15) is 5.10 Å². The van der Waals surface area contributed by atoms with Gasteiger partial charge in [0.1, 0.15) is 23.9 Å². The van der Waals surface area contributed by atoms with Gasteiger partial charge in [-0.3, -0.25) is 9.48 Å². The van der Waals surface area contributed by atoms with Crippen molar-refractivity contribution in [1.29, 1.82) is 0 Å². The van der Waals surface area contributed by atoms with Gasteiger partial charge >= 0.3 is 0 Å². The van der Waals surface area contributed by atoms with Gasteiger partial charge in [0.25, 0.3) is 5.91 Å². The second-order valence-corrected chi connectivity index (χ2v) is 6.14. The summed E-state index contributed by atoms with van der Waals surface area (Å²) in [5, 5.41) is 4.55. The standard InChI is InChI=1S/C18H17ClFN3O3/c1-22(10-16-15(19)9-21-23(16)2)18(24)17-8-7-14(26-17)11-25-13-5-3-12(20)4-6-13/h3-9H,10-11H2,1-2H3. The summed E-state index contributed by atoms with van der Waals surface area (Å²) in [5.74, 6) is 0.585. The smallest absolute Gasteiger partial charge is 0.289 e. The van der Waals surface area contributed by atoms with Crippen LogP contribution in [0.5, 0.6) is 5.75 Å². The van der Waals surface area contributed by atoms with Gasteiger partial charge in [0.05, 0.1) is 23.5 Å². The lowest BCUT2D eigenvalue weighted by atomic mass is 10.3. The molecule has 0 radical (unpaired) electrons. The molecule has 136 valence electrons. The predicted molar refractivity (Wildman–Crippen MR) is 93.5 cm³/mol. The molecule has 8 heteroatoms. The number of hydrogen-bond acceptors (Lipinski definition) is 4. The van der Waals surface area contributed by atoms with Gasteiger partial charge in [0, 0.05) is 14.1 Å². The van der Waals surface area contributed by atoms with Gasteiger partial charge in [0.2, 0.25) is 0 Å². The van der Waals surface area contributed by atoms with Crippen molar-refractivity contribution in [3.05, 3.63) is 70.6 Å². The molecule has 0 unspecified atom stereocenters. The monoisotopic (exact) mass is 377 g/mol. The number of nitrogens with zero attached hydrogens (tertiary/aromatic N) is 3. The molecule has 0 bridgehead atoms. The maximum Gasteiger partial charge on any atom is 0.289 e. The SMILES string of the molecule is CN(Cc1c(Cl)cnn1C)C(=O)c1ccc(COc2ccc(F)cc2)o1. The maximum absolute atomic E-state index is 12.9. The summed E-state index contributed by atoms with van der Waals surface area (Å²) in [4.78, 5) is 14.0. The van der Waals surface area contributed by atoms with E-state index < -0.39 is 0 Å². The van der Waals surface area contributed by atoms with Gasteiger partial charge in [-0.25, -0.2) is 4.39 Å². The molecule has 0 saturated heterocycles. The molecular weight excluding hydrogens is 361 g/mol. The first-order valence-corrected chi connectivity index (χ1v) is 8.21. The van der Waals surface area contributed by atoms with Crippen LogP contribution in [-0.2, 0) is 20.2 Å². The lowest BCUT2D eigenvalue weighted by Gasteiger charge is -2.16. The minimum absolute atomic E-state index is 0.135. The fraction of sp³-hybridized carbons (Fsp3) is 0.222. The van der Waals surface area contributed by atoms with E-state index in [0.717, 1.165) is 5.69 Å². The molecule has 6 nitrogen and oxygen atoms in total. The van der Waals surface area contributed by atoms with E-state index in [9.17, 15) is 9.18 Å². The van der Waals surface area contributed by atoms with Gasteiger partial charge in [0.15, 0.2) is 5.76 Å². The number of aromatic nitrogens is 2. The van der Waals surface area contributed by atoms with Crippen molar-refractivity contribution in [3.63, 3.8) is 0 Å². The first-order valence-electron chi connectivity index (χ1n) is 7.83. The van der Waals surface area contributed by atoms with Crippen LogP contribution in [0.4, 0.5) is 4.39 Å². The van der Waals surface area contributed by atoms with E-state index in [-0.39, 0.29) is 24.1 Å². The lowest BCUT2D eigenvalue weighted by molar-refractivity contribution is 0.0746. The Morgan fingerprint density at radius 2 is 2.04 bits per heavy atom. The summed E-state index contributed by atoms with van der Waals surface area (Å²) in [6, 6.07) is 8.93. The molecule has 0 aliphatic heterocycles. The molecule has 0 N–H and O–H groups in total. The molecule has 2 heterocycles. The predicted octanol–water partition coefficient (Wildman–Crippen LogP) is 3.66. The van der Waals surface area contributed by atoms with Crippen molar-refractivity contribution in [3.8, 4) is 5.75 Å². The second-order valence-electron chi connectivity index (χ2n) is 5.73. The van der Waals surface area contributed by atoms with Crippen LogP contribution in [0.15, 0.2) is 47.0 Å². The fourth-order valence-corrected chi connectivity index (χ4v) is 2.58. The Morgan fingerprint density at radius 1 is 1.31 bits per heavy atom. The third-order valence-corrected chi connectivity index (χ3v) is 4.13. The van der Waals surface area contributed by atoms with E-state index in [1.54, 1.807) is 30.9 Å². The number of carbonyl (C=O) groups excluding carboxylic acids is 1. The van der Waals surface area contributed by atoms with Crippen LogP contribution in [0.2, 0.25) is 5.02 Å². The largest absolute Gasteiger partial charge is 0.486 e. The van der Waals surface area contributed by atoms with Crippen molar-refractivity contribution in [1.82, 2.24) is 14.7 Å². The zero-order chi connectivity index (χ0) is 18.7. The van der Waals surface area contributed by atoms with E-state index in [1.807, 2.05) is 0 Å². The Labute approximate surface area is 154 Å². The Morgan fingerprint density at radius 3 is 2.69 bits per heavy atom. The molecule has 0 spiro atoms. The molecule has 0 saturated carbocycles. The molecule has 3 aromatic rings. The number of ether oxygens (including phenoxy) is 1. The van der Waals surface area contributed by atoms with Crippen LogP contribution in [-0.4, -0.2) is 27.6 Å². The van der Waals surface area contributed by atoms with Gasteiger partial charge in [-0.15, -0.1) is 0 Å². The Hall–Kier alpha value is -2.80. The number of aryl methyl sites for hydroxylation is 1. The minimum Gasteiger partial charge on any atom is -0.486 e. The van der Waals surface area contributed by atoms with Crippen molar-refractivity contribution < 1.29 is 18.3 Å². The highest BCUT2D eigenvalue weighted by molar-refractivity contribution is 6.31. The second kappa shape index (κ2) is 7.61.